The third kappa shape index (κ3) is 5.93. The van der Waals surface area contributed by atoms with Gasteiger partial charge in [0.2, 0.25) is 5.91 Å². The number of imidazole rings is 1. The summed E-state index contributed by atoms with van der Waals surface area (Å²) < 4.78 is 9.68. The Hall–Kier alpha value is -3.13. The van der Waals surface area contributed by atoms with E-state index < -0.39 is 0 Å². The first-order valence-electron chi connectivity index (χ1n) is 10.2. The second kappa shape index (κ2) is 10.6. The Morgan fingerprint density at radius 1 is 1.20 bits per heavy atom. The molecule has 0 fully saturated rings. The van der Waals surface area contributed by atoms with Gasteiger partial charge in [0.1, 0.15) is 11.6 Å². The van der Waals surface area contributed by atoms with Crippen LogP contribution in [0.1, 0.15) is 19.3 Å². The van der Waals surface area contributed by atoms with Gasteiger partial charge < -0.3 is 15.0 Å². The Bertz CT molecular complexity index is 929. The smallest absolute Gasteiger partial charge is 0.219 e. The van der Waals surface area contributed by atoms with E-state index in [1.54, 1.807) is 13.2 Å². The quantitative estimate of drug-likeness (QED) is 0.492. The lowest BCUT2D eigenvalue weighted by Crippen LogP contribution is -2.17. The molecule has 0 saturated carbocycles. The van der Waals surface area contributed by atoms with Crippen molar-refractivity contribution in [3.63, 3.8) is 0 Å². The van der Waals surface area contributed by atoms with Crippen LogP contribution in [-0.4, -0.2) is 64.4 Å². The van der Waals surface area contributed by atoms with Crippen molar-refractivity contribution >= 4 is 5.91 Å². The third-order valence-electron chi connectivity index (χ3n) is 4.74. The topological polar surface area (TPSA) is 77.2 Å². The Morgan fingerprint density at radius 3 is 2.73 bits per heavy atom. The van der Waals surface area contributed by atoms with E-state index in [0.29, 0.717) is 19.6 Å². The van der Waals surface area contributed by atoms with E-state index in [4.69, 9.17) is 4.74 Å². The number of nitrogens with zero attached hydrogens (tertiary/aromatic N) is 5. The maximum atomic E-state index is 11.4. The normalized spacial score (nSPS) is 11.1. The fourth-order valence-corrected chi connectivity index (χ4v) is 3.12. The highest BCUT2D eigenvalue weighted by Gasteiger charge is 2.10. The van der Waals surface area contributed by atoms with E-state index >= 15 is 0 Å². The number of rotatable bonds is 11. The van der Waals surface area contributed by atoms with Gasteiger partial charge in [-0.25, -0.2) is 4.98 Å². The van der Waals surface area contributed by atoms with Crippen LogP contribution < -0.4 is 10.1 Å². The molecule has 2 heterocycles. The Balaban J connectivity index is 1.62. The van der Waals surface area contributed by atoms with Crippen molar-refractivity contribution in [2.45, 2.75) is 25.8 Å². The number of amides is 1. The van der Waals surface area contributed by atoms with Crippen LogP contribution in [0.25, 0.3) is 17.1 Å². The van der Waals surface area contributed by atoms with Crippen molar-refractivity contribution in [2.75, 3.05) is 34.3 Å². The van der Waals surface area contributed by atoms with Gasteiger partial charge >= 0.3 is 0 Å². The van der Waals surface area contributed by atoms with E-state index in [1.165, 1.54) is 0 Å². The van der Waals surface area contributed by atoms with Gasteiger partial charge in [-0.2, -0.15) is 5.10 Å². The van der Waals surface area contributed by atoms with Gasteiger partial charge in [-0.15, -0.1) is 0 Å². The summed E-state index contributed by atoms with van der Waals surface area (Å²) in [5.41, 5.74) is 1.94. The number of carbonyl (C=O) groups is 1. The number of benzene rings is 1. The summed E-state index contributed by atoms with van der Waals surface area (Å²) in [5.74, 6) is 1.75. The van der Waals surface area contributed by atoms with Crippen LogP contribution in [0.5, 0.6) is 5.75 Å². The molecule has 8 nitrogen and oxygen atoms in total. The largest absolute Gasteiger partial charge is 0.494 e. The minimum Gasteiger partial charge on any atom is -0.494 e. The summed E-state index contributed by atoms with van der Waals surface area (Å²) in [6, 6.07) is 8.00. The molecule has 0 unspecified atom stereocenters. The first-order valence-corrected chi connectivity index (χ1v) is 10.2. The number of aromatic nitrogens is 4. The highest BCUT2D eigenvalue weighted by Crippen LogP contribution is 2.24. The predicted octanol–water partition coefficient (Wildman–Crippen LogP) is 2.59. The van der Waals surface area contributed by atoms with Crippen LogP contribution in [0.15, 0.2) is 49.1 Å². The molecule has 160 valence electrons. The van der Waals surface area contributed by atoms with Crippen LogP contribution in [0.3, 0.4) is 0 Å². The summed E-state index contributed by atoms with van der Waals surface area (Å²) in [5, 5.41) is 7.05. The zero-order valence-corrected chi connectivity index (χ0v) is 17.9. The van der Waals surface area contributed by atoms with Gasteiger partial charge in [-0.3, -0.25) is 14.0 Å². The van der Waals surface area contributed by atoms with Crippen LogP contribution in [0.4, 0.5) is 0 Å². The lowest BCUT2D eigenvalue weighted by Gasteiger charge is -2.11. The van der Waals surface area contributed by atoms with Crippen LogP contribution in [0, 0.1) is 0 Å². The molecular formula is C22H30N6O2. The Morgan fingerprint density at radius 2 is 2.00 bits per heavy atom. The molecule has 8 heteroatoms. The molecule has 0 aliphatic carbocycles. The van der Waals surface area contributed by atoms with E-state index in [9.17, 15) is 4.79 Å². The number of carbonyl (C=O) groups excluding carboxylic acids is 1. The first kappa shape index (κ1) is 21.6. The molecule has 0 radical (unpaired) electrons. The van der Waals surface area contributed by atoms with Crippen LogP contribution in [0.2, 0.25) is 0 Å². The number of nitrogens with one attached hydrogen (secondary N) is 1. The summed E-state index contributed by atoms with van der Waals surface area (Å²) in [6.07, 6.45) is 9.72. The van der Waals surface area contributed by atoms with E-state index in [2.05, 4.69) is 34.4 Å². The van der Waals surface area contributed by atoms with Gasteiger partial charge in [0.25, 0.3) is 0 Å². The van der Waals surface area contributed by atoms with Crippen molar-refractivity contribution in [3.05, 3.63) is 49.1 Å². The Labute approximate surface area is 177 Å². The molecule has 0 bridgehead atoms. The molecule has 1 N–H and O–H groups in total. The zero-order chi connectivity index (χ0) is 21.3. The maximum Gasteiger partial charge on any atom is 0.219 e. The molecule has 0 aliphatic rings. The summed E-state index contributed by atoms with van der Waals surface area (Å²) >= 11 is 0. The summed E-state index contributed by atoms with van der Waals surface area (Å²) in [4.78, 5) is 18.0. The van der Waals surface area contributed by atoms with Crippen molar-refractivity contribution in [3.8, 4) is 22.8 Å². The second-order valence-corrected chi connectivity index (χ2v) is 7.39. The highest BCUT2D eigenvalue weighted by molar-refractivity contribution is 5.75. The van der Waals surface area contributed by atoms with E-state index in [-0.39, 0.29) is 5.91 Å². The maximum absolute atomic E-state index is 11.4. The number of aryl methyl sites for hydroxylation is 1. The van der Waals surface area contributed by atoms with Crippen LogP contribution in [-0.2, 0) is 11.3 Å². The zero-order valence-electron chi connectivity index (χ0n) is 17.9. The third-order valence-corrected chi connectivity index (χ3v) is 4.74. The second-order valence-electron chi connectivity index (χ2n) is 7.39. The first-order chi connectivity index (χ1) is 14.6. The van der Waals surface area contributed by atoms with Gasteiger partial charge in [0, 0.05) is 50.7 Å². The van der Waals surface area contributed by atoms with Crippen molar-refractivity contribution in [1.82, 2.24) is 29.5 Å². The molecule has 0 atom stereocenters. The van der Waals surface area contributed by atoms with Crippen molar-refractivity contribution in [1.29, 1.82) is 0 Å². The highest BCUT2D eigenvalue weighted by atomic mass is 16.5. The molecular weight excluding hydrogens is 380 g/mol. The average Bonchev–Trinajstić information content (AvgIpc) is 3.41. The molecule has 3 rings (SSSR count). The average molecular weight is 411 g/mol. The van der Waals surface area contributed by atoms with Crippen LogP contribution >= 0.6 is 0 Å². The lowest BCUT2D eigenvalue weighted by atomic mass is 10.2. The summed E-state index contributed by atoms with van der Waals surface area (Å²) in [6.45, 7) is 2.40. The van der Waals surface area contributed by atoms with Gasteiger partial charge in [0.15, 0.2) is 0 Å². The SMILES string of the molecule is CNC(=O)CCCn1cc(-n2ccnc2-c2ccc(OCCCN(C)C)cc2)cn1. The number of hydrogen-bond acceptors (Lipinski definition) is 5. The minimum atomic E-state index is 0.0457. The number of ether oxygens (including phenoxy) is 1. The molecule has 30 heavy (non-hydrogen) atoms. The predicted molar refractivity (Wildman–Crippen MR) is 117 cm³/mol. The minimum absolute atomic E-state index is 0.0457. The molecule has 3 aromatic rings. The van der Waals surface area contributed by atoms with Gasteiger partial charge in [-0.05, 0) is 51.2 Å². The van der Waals surface area contributed by atoms with E-state index in [0.717, 1.165) is 42.2 Å². The van der Waals surface area contributed by atoms with Crippen molar-refractivity contribution < 1.29 is 9.53 Å². The van der Waals surface area contributed by atoms with Gasteiger partial charge in [0.05, 0.1) is 18.5 Å². The molecule has 0 saturated heterocycles. The monoisotopic (exact) mass is 410 g/mol. The standard InChI is InChI=1S/C22H30N6O2/c1-23-21(29)6-4-13-27-17-19(16-25-27)28-14-11-24-22(28)18-7-9-20(10-8-18)30-15-5-12-26(2)3/h7-11,14,16-17H,4-6,12-13,15H2,1-3H3,(H,23,29). The molecule has 0 aliphatic heterocycles. The van der Waals surface area contributed by atoms with E-state index in [1.807, 2.05) is 52.1 Å². The fraction of sp³-hybridized carbons (Fsp3) is 0.409. The molecule has 1 amide bonds. The number of hydrogen-bond donors (Lipinski definition) is 1. The Kier molecular flexibility index (Phi) is 7.62. The lowest BCUT2D eigenvalue weighted by molar-refractivity contribution is -0.120. The fourth-order valence-electron chi connectivity index (χ4n) is 3.12. The molecule has 2 aromatic heterocycles. The molecule has 0 spiro atoms. The van der Waals surface area contributed by atoms with Gasteiger partial charge in [-0.1, -0.05) is 0 Å². The van der Waals surface area contributed by atoms with Crippen molar-refractivity contribution in [2.24, 2.45) is 0 Å². The summed E-state index contributed by atoms with van der Waals surface area (Å²) in [7, 11) is 5.77. The molecule has 1 aromatic carbocycles.